The lowest BCUT2D eigenvalue weighted by Crippen LogP contribution is -2.11. The van der Waals surface area contributed by atoms with Gasteiger partial charge < -0.3 is 10.5 Å². The predicted octanol–water partition coefficient (Wildman–Crippen LogP) is 3.73. The SMILES string of the molecule is NC(=NN=Cc1cc(F)cc2c1OCCC2)SCc1ccccc1. The number of ether oxygens (including phenoxy) is 1. The van der Waals surface area contributed by atoms with Crippen molar-refractivity contribution in [3.63, 3.8) is 0 Å². The van der Waals surface area contributed by atoms with Gasteiger partial charge >= 0.3 is 0 Å². The zero-order valence-electron chi connectivity index (χ0n) is 13.1. The molecular formula is C18H18FN3OS. The van der Waals surface area contributed by atoms with Gasteiger partial charge in [0, 0.05) is 11.3 Å². The van der Waals surface area contributed by atoms with Crippen molar-refractivity contribution in [3.05, 3.63) is 65.0 Å². The van der Waals surface area contributed by atoms with Crippen LogP contribution in [0.15, 0.2) is 52.7 Å². The maximum atomic E-state index is 13.7. The van der Waals surface area contributed by atoms with Crippen LogP contribution in [0.5, 0.6) is 5.75 Å². The van der Waals surface area contributed by atoms with E-state index in [-0.39, 0.29) is 5.82 Å². The third kappa shape index (κ3) is 4.35. The summed E-state index contributed by atoms with van der Waals surface area (Å²) >= 11 is 1.41. The Hall–Kier alpha value is -2.34. The average molecular weight is 343 g/mol. The summed E-state index contributed by atoms with van der Waals surface area (Å²) in [5, 5.41) is 8.30. The van der Waals surface area contributed by atoms with Gasteiger partial charge in [0.05, 0.1) is 12.8 Å². The molecule has 24 heavy (non-hydrogen) atoms. The van der Waals surface area contributed by atoms with E-state index in [1.807, 2.05) is 30.3 Å². The lowest BCUT2D eigenvalue weighted by Gasteiger charge is -2.18. The van der Waals surface area contributed by atoms with Gasteiger partial charge in [0.2, 0.25) is 0 Å². The summed E-state index contributed by atoms with van der Waals surface area (Å²) in [6.45, 7) is 0.637. The van der Waals surface area contributed by atoms with Crippen molar-refractivity contribution in [2.75, 3.05) is 6.61 Å². The number of halogens is 1. The number of hydrogen-bond acceptors (Lipinski definition) is 4. The molecule has 0 spiro atoms. The number of benzene rings is 2. The predicted molar refractivity (Wildman–Crippen MR) is 97.2 cm³/mol. The first-order valence-corrected chi connectivity index (χ1v) is 8.69. The lowest BCUT2D eigenvalue weighted by atomic mass is 10.0. The number of nitrogens with zero attached hydrogens (tertiary/aromatic N) is 2. The normalized spacial score (nSPS) is 14.5. The largest absolute Gasteiger partial charge is 0.493 e. The standard InChI is InChI=1S/C18H18FN3OS/c19-16-9-14-7-4-8-23-17(14)15(10-16)11-21-22-18(20)24-12-13-5-2-1-3-6-13/h1-3,5-6,9-11H,4,7-8,12H2,(H2,20,22). The van der Waals surface area contributed by atoms with E-state index in [9.17, 15) is 4.39 Å². The number of hydrogen-bond donors (Lipinski definition) is 1. The zero-order valence-corrected chi connectivity index (χ0v) is 13.9. The average Bonchev–Trinajstić information content (AvgIpc) is 2.60. The van der Waals surface area contributed by atoms with Crippen LogP contribution in [0, 0.1) is 5.82 Å². The van der Waals surface area contributed by atoms with Gasteiger partial charge in [0.25, 0.3) is 0 Å². The molecule has 0 saturated carbocycles. The van der Waals surface area contributed by atoms with Crippen molar-refractivity contribution < 1.29 is 9.13 Å². The highest BCUT2D eigenvalue weighted by Gasteiger charge is 2.15. The molecule has 0 amide bonds. The van der Waals surface area contributed by atoms with Crippen molar-refractivity contribution in [2.24, 2.45) is 15.9 Å². The minimum absolute atomic E-state index is 0.295. The molecule has 0 radical (unpaired) electrons. The van der Waals surface area contributed by atoms with E-state index in [1.54, 1.807) is 0 Å². The molecular weight excluding hydrogens is 325 g/mol. The number of aryl methyl sites for hydroxylation is 1. The minimum atomic E-state index is -0.295. The number of thioether (sulfide) groups is 1. The van der Waals surface area contributed by atoms with Crippen LogP contribution in [-0.4, -0.2) is 18.0 Å². The summed E-state index contributed by atoms with van der Waals surface area (Å²) in [5.41, 5.74) is 8.48. The van der Waals surface area contributed by atoms with Crippen molar-refractivity contribution in [1.29, 1.82) is 0 Å². The third-order valence-corrected chi connectivity index (χ3v) is 4.43. The molecule has 1 heterocycles. The second-order valence-electron chi connectivity index (χ2n) is 5.39. The molecule has 0 unspecified atom stereocenters. The Morgan fingerprint density at radius 1 is 1.29 bits per heavy atom. The van der Waals surface area contributed by atoms with Crippen LogP contribution in [-0.2, 0) is 12.2 Å². The van der Waals surface area contributed by atoms with Crippen LogP contribution >= 0.6 is 11.8 Å². The lowest BCUT2D eigenvalue weighted by molar-refractivity contribution is 0.287. The van der Waals surface area contributed by atoms with E-state index >= 15 is 0 Å². The smallest absolute Gasteiger partial charge is 0.180 e. The van der Waals surface area contributed by atoms with Crippen molar-refractivity contribution in [2.45, 2.75) is 18.6 Å². The fourth-order valence-corrected chi connectivity index (χ4v) is 3.09. The zero-order chi connectivity index (χ0) is 16.8. The van der Waals surface area contributed by atoms with Crippen LogP contribution in [0.3, 0.4) is 0 Å². The molecule has 6 heteroatoms. The Morgan fingerprint density at radius 3 is 2.96 bits per heavy atom. The van der Waals surface area contributed by atoms with E-state index in [0.29, 0.717) is 23.1 Å². The van der Waals surface area contributed by atoms with Crippen molar-refractivity contribution in [1.82, 2.24) is 0 Å². The van der Waals surface area contributed by atoms with Gasteiger partial charge in [-0.25, -0.2) is 4.39 Å². The highest BCUT2D eigenvalue weighted by Crippen LogP contribution is 2.29. The van der Waals surface area contributed by atoms with Gasteiger partial charge in [-0.3, -0.25) is 0 Å². The van der Waals surface area contributed by atoms with Crippen LogP contribution in [0.2, 0.25) is 0 Å². The van der Waals surface area contributed by atoms with Crippen LogP contribution in [0.25, 0.3) is 0 Å². The molecule has 4 nitrogen and oxygen atoms in total. The van der Waals surface area contributed by atoms with Gasteiger partial charge in [-0.05, 0) is 36.1 Å². The molecule has 0 aromatic heterocycles. The second-order valence-corrected chi connectivity index (χ2v) is 6.39. The maximum Gasteiger partial charge on any atom is 0.180 e. The first-order chi connectivity index (χ1) is 11.7. The quantitative estimate of drug-likeness (QED) is 0.523. The summed E-state index contributed by atoms with van der Waals surface area (Å²) < 4.78 is 19.3. The summed E-state index contributed by atoms with van der Waals surface area (Å²) in [6.07, 6.45) is 3.20. The van der Waals surface area contributed by atoms with E-state index in [1.165, 1.54) is 30.1 Å². The third-order valence-electron chi connectivity index (χ3n) is 3.58. The van der Waals surface area contributed by atoms with Gasteiger partial charge in [-0.15, -0.1) is 5.10 Å². The van der Waals surface area contributed by atoms with Crippen LogP contribution in [0.1, 0.15) is 23.1 Å². The fraction of sp³-hybridized carbons (Fsp3) is 0.222. The van der Waals surface area contributed by atoms with Gasteiger partial charge in [0.1, 0.15) is 11.6 Å². The van der Waals surface area contributed by atoms with Gasteiger partial charge in [-0.1, -0.05) is 42.1 Å². The topological polar surface area (TPSA) is 60.0 Å². The second kappa shape index (κ2) is 7.97. The highest BCUT2D eigenvalue weighted by molar-refractivity contribution is 8.13. The Balaban J connectivity index is 1.66. The fourth-order valence-electron chi connectivity index (χ4n) is 2.48. The summed E-state index contributed by atoms with van der Waals surface area (Å²) in [6, 6.07) is 12.9. The van der Waals surface area contributed by atoms with Crippen molar-refractivity contribution in [3.8, 4) is 5.75 Å². The Bertz CT molecular complexity index is 762. The molecule has 2 aromatic rings. The molecule has 124 valence electrons. The Morgan fingerprint density at radius 2 is 2.12 bits per heavy atom. The molecule has 3 rings (SSSR count). The highest BCUT2D eigenvalue weighted by atomic mass is 32.2. The molecule has 1 aliphatic rings. The van der Waals surface area contributed by atoms with Gasteiger partial charge in [-0.2, -0.15) is 5.10 Å². The molecule has 1 aliphatic heterocycles. The molecule has 0 atom stereocenters. The molecule has 0 fully saturated rings. The number of fused-ring (bicyclic) bond motifs is 1. The molecule has 0 bridgehead atoms. The number of nitrogens with two attached hydrogens (primary N) is 1. The van der Waals surface area contributed by atoms with Crippen LogP contribution in [0.4, 0.5) is 4.39 Å². The first-order valence-electron chi connectivity index (χ1n) is 7.71. The molecule has 0 saturated heterocycles. The summed E-state index contributed by atoms with van der Waals surface area (Å²) in [5.74, 6) is 1.12. The van der Waals surface area contributed by atoms with E-state index < -0.39 is 0 Å². The van der Waals surface area contributed by atoms with Crippen LogP contribution < -0.4 is 10.5 Å². The molecule has 2 aromatic carbocycles. The van der Waals surface area contributed by atoms with Gasteiger partial charge in [0.15, 0.2) is 5.17 Å². The Kier molecular flexibility index (Phi) is 5.48. The number of rotatable bonds is 4. The molecule has 2 N–H and O–H groups in total. The summed E-state index contributed by atoms with van der Waals surface area (Å²) in [7, 11) is 0. The minimum Gasteiger partial charge on any atom is -0.493 e. The first kappa shape index (κ1) is 16.5. The Labute approximate surface area is 144 Å². The van der Waals surface area contributed by atoms with Crippen molar-refractivity contribution >= 4 is 23.1 Å². The van der Waals surface area contributed by atoms with E-state index in [4.69, 9.17) is 10.5 Å². The molecule has 0 aliphatic carbocycles. The monoisotopic (exact) mass is 343 g/mol. The maximum absolute atomic E-state index is 13.7. The van der Waals surface area contributed by atoms with E-state index in [2.05, 4.69) is 10.2 Å². The van der Waals surface area contributed by atoms with E-state index in [0.717, 1.165) is 29.7 Å². The summed E-state index contributed by atoms with van der Waals surface area (Å²) in [4.78, 5) is 0. The number of amidine groups is 1.